The molecule has 1 aromatic rings. The van der Waals surface area contributed by atoms with Crippen LogP contribution in [0.4, 0.5) is 8.78 Å². The summed E-state index contributed by atoms with van der Waals surface area (Å²) in [5, 5.41) is -0.0320. The van der Waals surface area contributed by atoms with Crippen LogP contribution in [0.2, 0.25) is 5.28 Å². The minimum atomic E-state index is -2.53. The molecule has 0 aromatic carbocycles. The van der Waals surface area contributed by atoms with Crippen LogP contribution < -0.4 is 4.74 Å². The molecule has 0 saturated carbocycles. The molecule has 13 heavy (non-hydrogen) atoms. The molecule has 0 fully saturated rings. The highest BCUT2D eigenvalue weighted by Gasteiger charge is 2.12. The number of rotatable bonds is 3. The van der Waals surface area contributed by atoms with Gasteiger partial charge in [0.15, 0.2) is 0 Å². The Morgan fingerprint density at radius 2 is 2.31 bits per heavy atom. The van der Waals surface area contributed by atoms with Crippen LogP contribution in [-0.4, -0.2) is 22.8 Å². The lowest BCUT2D eigenvalue weighted by Gasteiger charge is -2.04. The summed E-state index contributed by atoms with van der Waals surface area (Å²) < 4.78 is 28.6. The summed E-state index contributed by atoms with van der Waals surface area (Å²) in [6, 6.07) is 0. The number of nitrogens with zero attached hydrogens (tertiary/aromatic N) is 2. The van der Waals surface area contributed by atoms with Crippen LogP contribution in [0.25, 0.3) is 0 Å². The van der Waals surface area contributed by atoms with Gasteiger partial charge in [0.2, 0.25) is 11.2 Å². The molecule has 72 valence electrons. The fraction of sp³-hybridized carbons (Fsp3) is 0.333. The lowest BCUT2D eigenvalue weighted by Crippen LogP contribution is -1.94. The van der Waals surface area contributed by atoms with Crippen LogP contribution in [-0.2, 0) is 0 Å². The predicted molar refractivity (Wildman–Crippen MR) is 45.5 cm³/mol. The Morgan fingerprint density at radius 3 is 2.85 bits per heavy atom. The Labute approximate surface area is 82.5 Å². The highest BCUT2D eigenvalue weighted by Crippen LogP contribution is 2.31. The summed E-state index contributed by atoms with van der Waals surface area (Å²) in [6.07, 6.45) is 1.20. The number of thioether (sulfide) groups is 1. The first-order chi connectivity index (χ1) is 6.13. The maximum atomic E-state index is 12.0. The van der Waals surface area contributed by atoms with Gasteiger partial charge in [0.05, 0.1) is 12.0 Å². The standard InChI is InChI=1S/C6H5ClF2N2OS/c1-12-4-3(13-6(8)9)2-10-5(7)11-4/h2,6H,1H3. The zero-order valence-electron chi connectivity index (χ0n) is 6.50. The molecule has 0 aliphatic heterocycles. The second kappa shape index (κ2) is 4.57. The molecule has 0 spiro atoms. The van der Waals surface area contributed by atoms with Gasteiger partial charge in [0.25, 0.3) is 5.76 Å². The van der Waals surface area contributed by atoms with E-state index in [1.165, 1.54) is 13.3 Å². The molecule has 0 aliphatic rings. The van der Waals surface area contributed by atoms with Gasteiger partial charge in [-0.05, 0) is 23.4 Å². The fourth-order valence-electron chi connectivity index (χ4n) is 0.658. The molecule has 0 radical (unpaired) electrons. The Kier molecular flexibility index (Phi) is 3.68. The first-order valence-electron chi connectivity index (χ1n) is 3.15. The Bertz CT molecular complexity index is 300. The summed E-state index contributed by atoms with van der Waals surface area (Å²) >= 11 is 5.75. The van der Waals surface area contributed by atoms with Crippen molar-refractivity contribution in [3.05, 3.63) is 11.5 Å². The van der Waals surface area contributed by atoms with Gasteiger partial charge in [-0.2, -0.15) is 13.8 Å². The van der Waals surface area contributed by atoms with Gasteiger partial charge in [-0.3, -0.25) is 0 Å². The largest absolute Gasteiger partial charge is 0.480 e. The lowest BCUT2D eigenvalue weighted by atomic mass is 10.6. The summed E-state index contributed by atoms with van der Waals surface area (Å²) in [6.45, 7) is 0. The van der Waals surface area contributed by atoms with E-state index in [-0.39, 0.29) is 16.1 Å². The van der Waals surface area contributed by atoms with E-state index < -0.39 is 5.76 Å². The van der Waals surface area contributed by atoms with Crippen molar-refractivity contribution in [3.63, 3.8) is 0 Å². The van der Waals surface area contributed by atoms with Gasteiger partial charge in [-0.15, -0.1) is 0 Å². The SMILES string of the molecule is COc1nc(Cl)ncc1SC(F)F. The van der Waals surface area contributed by atoms with Gasteiger partial charge in [0, 0.05) is 6.20 Å². The highest BCUT2D eigenvalue weighted by molar-refractivity contribution is 7.99. The highest BCUT2D eigenvalue weighted by atomic mass is 35.5. The van der Waals surface area contributed by atoms with Crippen molar-refractivity contribution in [3.8, 4) is 5.88 Å². The van der Waals surface area contributed by atoms with Crippen LogP contribution in [0.5, 0.6) is 5.88 Å². The van der Waals surface area contributed by atoms with Crippen molar-refractivity contribution in [2.75, 3.05) is 7.11 Å². The van der Waals surface area contributed by atoms with E-state index in [1.54, 1.807) is 0 Å². The van der Waals surface area contributed by atoms with E-state index >= 15 is 0 Å². The average Bonchev–Trinajstić information content (AvgIpc) is 2.07. The summed E-state index contributed by atoms with van der Waals surface area (Å²) in [4.78, 5) is 7.35. The third-order valence-electron chi connectivity index (χ3n) is 1.10. The first-order valence-corrected chi connectivity index (χ1v) is 4.40. The first kappa shape index (κ1) is 10.5. The predicted octanol–water partition coefficient (Wildman–Crippen LogP) is 2.45. The Morgan fingerprint density at radius 1 is 1.62 bits per heavy atom. The van der Waals surface area contributed by atoms with Gasteiger partial charge in [0.1, 0.15) is 0 Å². The van der Waals surface area contributed by atoms with Crippen molar-refractivity contribution in [1.29, 1.82) is 0 Å². The van der Waals surface area contributed by atoms with Gasteiger partial charge >= 0.3 is 0 Å². The molecule has 0 atom stereocenters. The van der Waals surface area contributed by atoms with Gasteiger partial charge in [-0.1, -0.05) is 0 Å². The minimum Gasteiger partial charge on any atom is -0.480 e. The number of ether oxygens (including phenoxy) is 1. The molecule has 0 saturated heterocycles. The number of aromatic nitrogens is 2. The molecule has 1 heterocycles. The van der Waals surface area contributed by atoms with Crippen molar-refractivity contribution >= 4 is 23.4 Å². The number of hydrogen-bond donors (Lipinski definition) is 0. The van der Waals surface area contributed by atoms with E-state index in [4.69, 9.17) is 16.3 Å². The molecule has 0 bridgehead atoms. The second-order valence-electron chi connectivity index (χ2n) is 1.89. The Balaban J connectivity index is 2.92. The normalized spacial score (nSPS) is 10.5. The van der Waals surface area contributed by atoms with Crippen LogP contribution in [0, 0.1) is 0 Å². The van der Waals surface area contributed by atoms with Crippen molar-refractivity contribution in [2.45, 2.75) is 10.7 Å². The molecule has 1 aromatic heterocycles. The fourth-order valence-corrected chi connectivity index (χ4v) is 1.32. The molecule has 0 unspecified atom stereocenters. The Hall–Kier alpha value is -0.620. The molecule has 1 rings (SSSR count). The maximum Gasteiger partial charge on any atom is 0.289 e. The number of alkyl halides is 2. The smallest absolute Gasteiger partial charge is 0.289 e. The molecular weight excluding hydrogens is 222 g/mol. The molecule has 7 heteroatoms. The summed E-state index contributed by atoms with van der Waals surface area (Å²) in [5.41, 5.74) is 0. The van der Waals surface area contributed by atoms with Crippen LogP contribution in [0.3, 0.4) is 0 Å². The topological polar surface area (TPSA) is 35.0 Å². The van der Waals surface area contributed by atoms with Crippen molar-refractivity contribution in [1.82, 2.24) is 9.97 Å². The van der Waals surface area contributed by atoms with Crippen LogP contribution >= 0.6 is 23.4 Å². The minimum absolute atomic E-state index is 0.0320. The number of halogens is 3. The third-order valence-corrected chi connectivity index (χ3v) is 2.00. The van der Waals surface area contributed by atoms with Crippen LogP contribution in [0.15, 0.2) is 11.1 Å². The molecule has 0 amide bonds. The quantitative estimate of drug-likeness (QED) is 0.586. The molecule has 3 nitrogen and oxygen atoms in total. The zero-order chi connectivity index (χ0) is 9.84. The maximum absolute atomic E-state index is 12.0. The van der Waals surface area contributed by atoms with Gasteiger partial charge < -0.3 is 4.74 Å². The van der Waals surface area contributed by atoms with E-state index in [9.17, 15) is 8.78 Å². The third kappa shape index (κ3) is 2.96. The van der Waals surface area contributed by atoms with E-state index in [2.05, 4.69) is 9.97 Å². The van der Waals surface area contributed by atoms with E-state index in [0.717, 1.165) is 0 Å². The molecule has 0 N–H and O–H groups in total. The average molecular weight is 227 g/mol. The van der Waals surface area contributed by atoms with Crippen molar-refractivity contribution in [2.24, 2.45) is 0 Å². The lowest BCUT2D eigenvalue weighted by molar-refractivity contribution is 0.251. The van der Waals surface area contributed by atoms with Crippen molar-refractivity contribution < 1.29 is 13.5 Å². The summed E-state index contributed by atoms with van der Waals surface area (Å²) in [5.74, 6) is -2.47. The van der Waals surface area contributed by atoms with Gasteiger partial charge in [-0.25, -0.2) is 4.98 Å². The monoisotopic (exact) mass is 226 g/mol. The van der Waals surface area contributed by atoms with Crippen LogP contribution in [0.1, 0.15) is 0 Å². The van der Waals surface area contributed by atoms with E-state index in [1.807, 2.05) is 0 Å². The summed E-state index contributed by atoms with van der Waals surface area (Å²) in [7, 11) is 1.33. The number of hydrogen-bond acceptors (Lipinski definition) is 4. The number of methoxy groups -OCH3 is 1. The zero-order valence-corrected chi connectivity index (χ0v) is 8.07. The molecular formula is C6H5ClF2N2OS. The molecule has 0 aliphatic carbocycles. The second-order valence-corrected chi connectivity index (χ2v) is 3.26. The van der Waals surface area contributed by atoms with E-state index in [0.29, 0.717) is 11.8 Å².